The molecule has 2 N–H and O–H groups in total. The van der Waals surface area contributed by atoms with E-state index in [0.29, 0.717) is 18.4 Å². The van der Waals surface area contributed by atoms with Crippen molar-refractivity contribution in [2.24, 2.45) is 5.92 Å². The van der Waals surface area contributed by atoms with Gasteiger partial charge in [-0.2, -0.15) is 0 Å². The predicted molar refractivity (Wildman–Crippen MR) is 94.6 cm³/mol. The van der Waals surface area contributed by atoms with Crippen LogP contribution in [0.2, 0.25) is 0 Å². The number of hydrogen-bond acceptors (Lipinski definition) is 2. The van der Waals surface area contributed by atoms with Gasteiger partial charge >= 0.3 is 0 Å². The number of nitrogens with one attached hydrogen (secondary N) is 2. The number of halogens is 1. The fourth-order valence-corrected chi connectivity index (χ4v) is 2.88. The van der Waals surface area contributed by atoms with Crippen LogP contribution in [0.4, 0.5) is 0 Å². The Balaban J connectivity index is 0.00000242. The quantitative estimate of drug-likeness (QED) is 0.844. The van der Waals surface area contributed by atoms with Crippen molar-refractivity contribution < 1.29 is 4.79 Å². The molecule has 1 heterocycles. The molecule has 4 heteroatoms. The van der Waals surface area contributed by atoms with Gasteiger partial charge in [-0.15, -0.1) is 12.4 Å². The minimum Gasteiger partial charge on any atom is -0.353 e. The van der Waals surface area contributed by atoms with Gasteiger partial charge < -0.3 is 10.6 Å². The van der Waals surface area contributed by atoms with Gasteiger partial charge in [0.2, 0.25) is 5.91 Å². The molecule has 1 amide bonds. The Morgan fingerprint density at radius 3 is 2.59 bits per heavy atom. The Bertz CT molecular complexity index is 447. The highest BCUT2D eigenvalue weighted by Gasteiger charge is 2.22. The van der Waals surface area contributed by atoms with E-state index in [1.807, 2.05) is 0 Å². The molecule has 2 rings (SSSR count). The van der Waals surface area contributed by atoms with Crippen molar-refractivity contribution in [3.63, 3.8) is 0 Å². The van der Waals surface area contributed by atoms with Crippen molar-refractivity contribution >= 4 is 18.3 Å². The van der Waals surface area contributed by atoms with E-state index in [4.69, 9.17) is 0 Å². The van der Waals surface area contributed by atoms with Crippen LogP contribution in [0.15, 0.2) is 24.3 Å². The van der Waals surface area contributed by atoms with Crippen molar-refractivity contribution in [3.05, 3.63) is 35.4 Å². The molecule has 1 aliphatic heterocycles. The Morgan fingerprint density at radius 1 is 1.27 bits per heavy atom. The topological polar surface area (TPSA) is 41.1 Å². The fraction of sp³-hybridized carbons (Fsp3) is 0.611. The molecule has 1 aromatic carbocycles. The largest absolute Gasteiger partial charge is 0.353 e. The van der Waals surface area contributed by atoms with Crippen LogP contribution in [0.25, 0.3) is 0 Å². The number of unbranched alkanes of at least 4 members (excludes halogenated alkanes) is 1. The van der Waals surface area contributed by atoms with E-state index in [2.05, 4.69) is 48.7 Å². The molecule has 0 spiro atoms. The molecule has 2 atom stereocenters. The highest BCUT2D eigenvalue weighted by molar-refractivity contribution is 5.85. The van der Waals surface area contributed by atoms with E-state index >= 15 is 0 Å². The molecule has 0 aromatic heterocycles. The molecule has 1 aliphatic rings. The highest BCUT2D eigenvalue weighted by atomic mass is 35.5. The standard InChI is InChI=1S/C18H28N2O.ClH/c1-3-4-5-15-6-8-16(9-7-15)12-18(21)20-17-10-11-19-13-14(17)2;/h6-9,14,17,19H,3-5,10-13H2,1-2H3,(H,20,21);1H. The summed E-state index contributed by atoms with van der Waals surface area (Å²) in [5.74, 6) is 0.661. The van der Waals surface area contributed by atoms with Crippen molar-refractivity contribution in [1.29, 1.82) is 0 Å². The Kier molecular flexibility index (Phi) is 8.51. The van der Waals surface area contributed by atoms with Crippen LogP contribution in [-0.4, -0.2) is 25.0 Å². The maximum absolute atomic E-state index is 12.2. The van der Waals surface area contributed by atoms with Gasteiger partial charge in [0.15, 0.2) is 0 Å². The molecule has 2 unspecified atom stereocenters. The first-order valence-corrected chi connectivity index (χ1v) is 8.27. The SMILES string of the molecule is CCCCc1ccc(CC(=O)NC2CCNCC2C)cc1.Cl. The molecule has 0 aliphatic carbocycles. The summed E-state index contributed by atoms with van der Waals surface area (Å²) >= 11 is 0. The van der Waals surface area contributed by atoms with Gasteiger partial charge in [0, 0.05) is 6.04 Å². The second-order valence-corrected chi connectivity index (χ2v) is 6.24. The van der Waals surface area contributed by atoms with Gasteiger partial charge in [-0.25, -0.2) is 0 Å². The number of carbonyl (C=O) groups excluding carboxylic acids is 1. The number of amides is 1. The van der Waals surface area contributed by atoms with Crippen molar-refractivity contribution in [3.8, 4) is 0 Å². The molecule has 22 heavy (non-hydrogen) atoms. The summed E-state index contributed by atoms with van der Waals surface area (Å²) in [5.41, 5.74) is 2.47. The summed E-state index contributed by atoms with van der Waals surface area (Å²) in [6.07, 6.45) is 5.11. The normalized spacial score (nSPS) is 21.0. The Labute approximate surface area is 140 Å². The van der Waals surface area contributed by atoms with Crippen LogP contribution >= 0.6 is 12.4 Å². The van der Waals surface area contributed by atoms with Crippen LogP contribution in [0.5, 0.6) is 0 Å². The third-order valence-corrected chi connectivity index (χ3v) is 4.34. The van der Waals surface area contributed by atoms with E-state index < -0.39 is 0 Å². The lowest BCUT2D eigenvalue weighted by Gasteiger charge is -2.30. The fourth-order valence-electron chi connectivity index (χ4n) is 2.88. The number of aryl methyl sites for hydroxylation is 1. The van der Waals surface area contributed by atoms with E-state index in [0.717, 1.165) is 31.5 Å². The van der Waals surface area contributed by atoms with Crippen LogP contribution < -0.4 is 10.6 Å². The molecule has 0 bridgehead atoms. The van der Waals surface area contributed by atoms with E-state index in [9.17, 15) is 4.79 Å². The second kappa shape index (κ2) is 9.86. The lowest BCUT2D eigenvalue weighted by Crippen LogP contribution is -2.48. The van der Waals surface area contributed by atoms with Crippen LogP contribution in [0.1, 0.15) is 44.2 Å². The Hall–Kier alpha value is -1.06. The predicted octanol–water partition coefficient (Wildman–Crippen LogP) is 3.11. The minimum absolute atomic E-state index is 0. The van der Waals surface area contributed by atoms with Gasteiger partial charge in [0.25, 0.3) is 0 Å². The lowest BCUT2D eigenvalue weighted by molar-refractivity contribution is -0.121. The molecule has 3 nitrogen and oxygen atoms in total. The number of rotatable bonds is 6. The average molecular weight is 325 g/mol. The summed E-state index contributed by atoms with van der Waals surface area (Å²) in [5, 5.41) is 6.55. The molecular weight excluding hydrogens is 296 g/mol. The van der Waals surface area contributed by atoms with Gasteiger partial charge in [0.1, 0.15) is 0 Å². The van der Waals surface area contributed by atoms with Gasteiger partial charge in [0.05, 0.1) is 6.42 Å². The number of carbonyl (C=O) groups is 1. The third kappa shape index (κ3) is 5.98. The third-order valence-electron chi connectivity index (χ3n) is 4.34. The lowest BCUT2D eigenvalue weighted by atomic mass is 9.95. The molecule has 1 aromatic rings. The zero-order chi connectivity index (χ0) is 15.1. The number of piperidine rings is 1. The zero-order valence-electron chi connectivity index (χ0n) is 13.7. The van der Waals surface area contributed by atoms with Crippen molar-refractivity contribution in [1.82, 2.24) is 10.6 Å². The average Bonchev–Trinajstić information content (AvgIpc) is 2.49. The second-order valence-electron chi connectivity index (χ2n) is 6.24. The summed E-state index contributed by atoms with van der Waals surface area (Å²) in [7, 11) is 0. The smallest absolute Gasteiger partial charge is 0.224 e. The first-order chi connectivity index (χ1) is 10.2. The summed E-state index contributed by atoms with van der Waals surface area (Å²) in [4.78, 5) is 12.2. The molecule has 1 saturated heterocycles. The van der Waals surface area contributed by atoms with Crippen molar-refractivity contribution in [2.45, 2.75) is 52.0 Å². The van der Waals surface area contributed by atoms with E-state index in [-0.39, 0.29) is 18.3 Å². The van der Waals surface area contributed by atoms with Crippen LogP contribution in [0.3, 0.4) is 0 Å². The first kappa shape index (κ1) is 19.0. The zero-order valence-corrected chi connectivity index (χ0v) is 14.5. The van der Waals surface area contributed by atoms with Crippen LogP contribution in [0, 0.1) is 5.92 Å². The number of benzene rings is 1. The molecule has 124 valence electrons. The van der Waals surface area contributed by atoms with Crippen LogP contribution in [-0.2, 0) is 17.6 Å². The van der Waals surface area contributed by atoms with Crippen molar-refractivity contribution in [2.75, 3.05) is 13.1 Å². The summed E-state index contributed by atoms with van der Waals surface area (Å²) < 4.78 is 0. The minimum atomic E-state index is 0. The first-order valence-electron chi connectivity index (χ1n) is 8.27. The Morgan fingerprint density at radius 2 is 1.95 bits per heavy atom. The monoisotopic (exact) mass is 324 g/mol. The molecule has 1 fully saturated rings. The maximum Gasteiger partial charge on any atom is 0.224 e. The number of hydrogen-bond donors (Lipinski definition) is 2. The van der Waals surface area contributed by atoms with E-state index in [1.165, 1.54) is 18.4 Å². The van der Waals surface area contributed by atoms with Gasteiger partial charge in [-0.1, -0.05) is 44.5 Å². The molecular formula is C18H29ClN2O. The summed E-state index contributed by atoms with van der Waals surface area (Å²) in [6, 6.07) is 8.83. The maximum atomic E-state index is 12.2. The van der Waals surface area contributed by atoms with E-state index in [1.54, 1.807) is 0 Å². The molecule has 0 radical (unpaired) electrons. The van der Waals surface area contributed by atoms with Gasteiger partial charge in [-0.3, -0.25) is 4.79 Å². The highest BCUT2D eigenvalue weighted by Crippen LogP contribution is 2.12. The summed E-state index contributed by atoms with van der Waals surface area (Å²) in [6.45, 7) is 6.40. The molecule has 0 saturated carbocycles. The van der Waals surface area contributed by atoms with Gasteiger partial charge in [-0.05, 0) is 49.4 Å².